The highest BCUT2D eigenvalue weighted by atomic mass is 19.4. The minimum absolute atomic E-state index is 0.0892. The summed E-state index contributed by atoms with van der Waals surface area (Å²) in [6.45, 7) is 5.56. The number of carboxylic acid groups (broad SMARTS) is 1. The standard InChI is InChI=1S/C23H31F4N3O3/c1-13(2)8-20(29(3)22(32)33)21(31)28-19-7-5-15-11-30(12-16(15)19)10-14-4-6-17(18(24)9-14)23(25,26)27/h4,6,9,13,15-16,19-20H,5,7-8,10-12H2,1-3H3,(H,28,31)(H,32,33)/t15-,16+,19+,20?/m0/s1. The summed E-state index contributed by atoms with van der Waals surface area (Å²) in [6.07, 6.45) is -3.76. The molecule has 1 unspecified atom stereocenters. The van der Waals surface area contributed by atoms with Gasteiger partial charge in [0.2, 0.25) is 5.91 Å². The van der Waals surface area contributed by atoms with E-state index in [-0.39, 0.29) is 23.8 Å². The summed E-state index contributed by atoms with van der Waals surface area (Å²) >= 11 is 0. The maximum absolute atomic E-state index is 13.9. The molecule has 1 aliphatic heterocycles. The Labute approximate surface area is 190 Å². The average Bonchev–Trinajstić information content (AvgIpc) is 3.25. The van der Waals surface area contributed by atoms with E-state index in [4.69, 9.17) is 0 Å². The fraction of sp³-hybridized carbons (Fsp3) is 0.652. The highest BCUT2D eigenvalue weighted by molar-refractivity contribution is 5.85. The van der Waals surface area contributed by atoms with Crippen LogP contribution in [0, 0.1) is 23.6 Å². The Morgan fingerprint density at radius 3 is 2.52 bits per heavy atom. The van der Waals surface area contributed by atoms with Crippen LogP contribution in [-0.4, -0.2) is 59.1 Å². The second-order valence-electron chi connectivity index (χ2n) is 9.66. The highest BCUT2D eigenvalue weighted by Gasteiger charge is 2.44. The number of likely N-dealkylation sites (tertiary alicyclic amines) is 1. The quantitative estimate of drug-likeness (QED) is 0.583. The smallest absolute Gasteiger partial charge is 0.419 e. The third-order valence-electron chi connectivity index (χ3n) is 6.77. The van der Waals surface area contributed by atoms with E-state index in [1.54, 1.807) is 0 Å². The van der Waals surface area contributed by atoms with Gasteiger partial charge in [-0.05, 0) is 54.7 Å². The Morgan fingerprint density at radius 1 is 1.24 bits per heavy atom. The number of alkyl halides is 3. The van der Waals surface area contributed by atoms with Gasteiger partial charge in [0, 0.05) is 32.7 Å². The minimum Gasteiger partial charge on any atom is -0.465 e. The van der Waals surface area contributed by atoms with E-state index in [0.717, 1.165) is 36.4 Å². The van der Waals surface area contributed by atoms with Crippen LogP contribution < -0.4 is 5.32 Å². The molecule has 1 heterocycles. The van der Waals surface area contributed by atoms with Crippen LogP contribution in [0.25, 0.3) is 0 Å². The topological polar surface area (TPSA) is 72.9 Å². The Balaban J connectivity index is 1.62. The third-order valence-corrected chi connectivity index (χ3v) is 6.77. The van der Waals surface area contributed by atoms with Gasteiger partial charge < -0.3 is 10.4 Å². The summed E-state index contributed by atoms with van der Waals surface area (Å²) in [5, 5.41) is 12.4. The first-order chi connectivity index (χ1) is 15.4. The number of hydrogen-bond donors (Lipinski definition) is 2. The summed E-state index contributed by atoms with van der Waals surface area (Å²) < 4.78 is 52.3. The van der Waals surface area contributed by atoms with Crippen LogP contribution in [0.5, 0.6) is 0 Å². The summed E-state index contributed by atoms with van der Waals surface area (Å²) in [5.41, 5.74) is -0.796. The van der Waals surface area contributed by atoms with Crippen molar-refractivity contribution in [3.63, 3.8) is 0 Å². The van der Waals surface area contributed by atoms with Gasteiger partial charge in [0.15, 0.2) is 0 Å². The van der Waals surface area contributed by atoms with Crippen LogP contribution in [0.1, 0.15) is 44.2 Å². The summed E-state index contributed by atoms with van der Waals surface area (Å²) in [6, 6.07) is 2.16. The molecule has 10 heteroatoms. The van der Waals surface area contributed by atoms with Gasteiger partial charge in [0.1, 0.15) is 11.9 Å². The monoisotopic (exact) mass is 473 g/mol. The van der Waals surface area contributed by atoms with Gasteiger partial charge in [-0.3, -0.25) is 14.6 Å². The van der Waals surface area contributed by atoms with Crippen molar-refractivity contribution in [2.75, 3.05) is 20.1 Å². The predicted octanol–water partition coefficient (Wildman–Crippen LogP) is 4.20. The number of halogens is 4. The number of carbonyl (C=O) groups excluding carboxylic acids is 1. The Bertz CT molecular complexity index is 877. The van der Waals surface area contributed by atoms with E-state index in [1.165, 1.54) is 13.1 Å². The Hall–Kier alpha value is -2.36. The second kappa shape index (κ2) is 9.87. The third kappa shape index (κ3) is 5.96. The zero-order valence-corrected chi connectivity index (χ0v) is 19.0. The molecule has 3 rings (SSSR count). The number of amides is 2. The van der Waals surface area contributed by atoms with Crippen molar-refractivity contribution >= 4 is 12.0 Å². The van der Waals surface area contributed by atoms with Gasteiger partial charge >= 0.3 is 12.3 Å². The lowest BCUT2D eigenvalue weighted by Crippen LogP contribution is -2.51. The van der Waals surface area contributed by atoms with Gasteiger partial charge in [-0.15, -0.1) is 0 Å². The Morgan fingerprint density at radius 2 is 1.94 bits per heavy atom. The number of rotatable bonds is 7. The molecule has 1 saturated heterocycles. The lowest BCUT2D eigenvalue weighted by Gasteiger charge is -2.29. The highest BCUT2D eigenvalue weighted by Crippen LogP contribution is 2.39. The van der Waals surface area contributed by atoms with E-state index >= 15 is 0 Å². The number of carbonyl (C=O) groups is 2. The largest absolute Gasteiger partial charge is 0.465 e. The zero-order chi connectivity index (χ0) is 24.5. The maximum Gasteiger partial charge on any atom is 0.419 e. The summed E-state index contributed by atoms with van der Waals surface area (Å²) in [7, 11) is 1.40. The molecule has 0 radical (unpaired) electrons. The molecular formula is C23H31F4N3O3. The zero-order valence-electron chi connectivity index (χ0n) is 19.0. The van der Waals surface area contributed by atoms with Gasteiger partial charge in [-0.25, -0.2) is 9.18 Å². The molecule has 184 valence electrons. The number of nitrogens with one attached hydrogen (secondary N) is 1. The molecular weight excluding hydrogens is 442 g/mol. The number of nitrogens with zero attached hydrogens (tertiary/aromatic N) is 2. The van der Waals surface area contributed by atoms with Crippen LogP contribution in [0.2, 0.25) is 0 Å². The number of benzene rings is 1. The molecule has 1 aliphatic carbocycles. The van der Waals surface area contributed by atoms with Gasteiger partial charge in [-0.2, -0.15) is 13.2 Å². The molecule has 6 nitrogen and oxygen atoms in total. The van der Waals surface area contributed by atoms with Crippen molar-refractivity contribution in [2.24, 2.45) is 17.8 Å². The number of fused-ring (bicyclic) bond motifs is 1. The van der Waals surface area contributed by atoms with Crippen molar-refractivity contribution < 1.29 is 32.3 Å². The molecule has 2 N–H and O–H groups in total. The predicted molar refractivity (Wildman–Crippen MR) is 114 cm³/mol. The van der Waals surface area contributed by atoms with Crippen molar-refractivity contribution in [1.82, 2.24) is 15.1 Å². The van der Waals surface area contributed by atoms with Crippen molar-refractivity contribution in [3.05, 3.63) is 35.1 Å². The molecule has 1 aromatic rings. The van der Waals surface area contributed by atoms with Crippen molar-refractivity contribution in [3.8, 4) is 0 Å². The molecule has 0 bridgehead atoms. The molecule has 33 heavy (non-hydrogen) atoms. The van der Waals surface area contributed by atoms with Crippen LogP contribution in [0.4, 0.5) is 22.4 Å². The van der Waals surface area contributed by atoms with Crippen molar-refractivity contribution in [2.45, 2.75) is 57.9 Å². The van der Waals surface area contributed by atoms with Crippen molar-refractivity contribution in [1.29, 1.82) is 0 Å². The average molecular weight is 474 g/mol. The first kappa shape index (κ1) is 25.3. The Kier molecular flexibility index (Phi) is 7.55. The van der Waals surface area contributed by atoms with Gasteiger partial charge in [0.05, 0.1) is 5.56 Å². The van der Waals surface area contributed by atoms with E-state index < -0.39 is 29.7 Å². The van der Waals surface area contributed by atoms with Crippen LogP contribution in [-0.2, 0) is 17.5 Å². The molecule has 1 aromatic carbocycles. The van der Waals surface area contributed by atoms with Gasteiger partial charge in [-0.1, -0.05) is 19.9 Å². The fourth-order valence-electron chi connectivity index (χ4n) is 5.11. The minimum atomic E-state index is -4.72. The summed E-state index contributed by atoms with van der Waals surface area (Å²) in [4.78, 5) is 27.5. The van der Waals surface area contributed by atoms with Gasteiger partial charge in [0.25, 0.3) is 0 Å². The van der Waals surface area contributed by atoms with E-state index in [0.29, 0.717) is 31.0 Å². The van der Waals surface area contributed by atoms with E-state index in [2.05, 4.69) is 10.2 Å². The molecule has 1 saturated carbocycles. The maximum atomic E-state index is 13.9. The van der Waals surface area contributed by atoms with Crippen LogP contribution in [0.3, 0.4) is 0 Å². The van der Waals surface area contributed by atoms with E-state index in [9.17, 15) is 32.3 Å². The molecule has 2 fully saturated rings. The van der Waals surface area contributed by atoms with Crippen LogP contribution >= 0.6 is 0 Å². The molecule has 2 aliphatic rings. The summed E-state index contributed by atoms with van der Waals surface area (Å²) in [5.74, 6) is -0.936. The number of likely N-dealkylation sites (N-methyl/N-ethyl adjacent to an activating group) is 1. The van der Waals surface area contributed by atoms with E-state index in [1.807, 2.05) is 13.8 Å². The molecule has 0 aromatic heterocycles. The number of hydrogen-bond acceptors (Lipinski definition) is 3. The lowest BCUT2D eigenvalue weighted by molar-refractivity contribution is -0.140. The normalized spacial score (nSPS) is 24.1. The second-order valence-corrected chi connectivity index (χ2v) is 9.66. The SMILES string of the molecule is CC(C)CC(C(=O)N[C@@H]1CC[C@H]2CN(Cc3ccc(C(F)(F)F)c(F)c3)C[C@H]21)N(C)C(=O)O. The lowest BCUT2D eigenvalue weighted by atomic mass is 9.96. The first-order valence-electron chi connectivity index (χ1n) is 11.2. The molecule has 0 spiro atoms. The first-order valence-corrected chi connectivity index (χ1v) is 11.2. The molecule has 4 atom stereocenters. The molecule has 2 amide bonds. The van der Waals surface area contributed by atoms with Crippen LogP contribution in [0.15, 0.2) is 18.2 Å². The fourth-order valence-corrected chi connectivity index (χ4v) is 5.11.